The third-order valence-corrected chi connectivity index (χ3v) is 5.57. The quantitative estimate of drug-likeness (QED) is 0.816. The Morgan fingerprint density at radius 3 is 2.50 bits per heavy atom. The van der Waals surface area contributed by atoms with Gasteiger partial charge in [-0.1, -0.05) is 30.3 Å². The number of hydrogen-bond acceptors (Lipinski definition) is 4. The standard InChI is InChI=1S/C16H15NO4S/c18-22(19,11-13-10-20-13)17-9-12-5-1-3-7-15(12)21-16-8-4-2-6-14(16)17/h1-8,13H,9-11H2. The molecule has 4 rings (SSSR count). The number of fused-ring (bicyclic) bond motifs is 2. The molecule has 1 fully saturated rings. The van der Waals surface area contributed by atoms with Crippen molar-refractivity contribution in [2.45, 2.75) is 12.6 Å². The zero-order valence-corrected chi connectivity index (χ0v) is 12.6. The number of sulfonamides is 1. The largest absolute Gasteiger partial charge is 0.455 e. The van der Waals surface area contributed by atoms with Crippen LogP contribution in [0, 0.1) is 0 Å². The molecule has 2 aliphatic rings. The van der Waals surface area contributed by atoms with E-state index >= 15 is 0 Å². The highest BCUT2D eigenvalue weighted by Gasteiger charge is 2.35. The predicted octanol–water partition coefficient (Wildman–Crippen LogP) is 2.53. The highest BCUT2D eigenvalue weighted by molar-refractivity contribution is 7.92. The summed E-state index contributed by atoms with van der Waals surface area (Å²) in [5, 5.41) is 0. The van der Waals surface area contributed by atoms with Gasteiger partial charge in [0.25, 0.3) is 0 Å². The third-order valence-electron chi connectivity index (χ3n) is 3.78. The minimum absolute atomic E-state index is 0.00347. The SMILES string of the molecule is O=S(=O)(CC1CO1)N1Cc2ccccc2Oc2ccccc21. The van der Waals surface area contributed by atoms with E-state index in [0.717, 1.165) is 5.56 Å². The molecular formula is C16H15NO4S. The molecule has 1 unspecified atom stereocenters. The van der Waals surface area contributed by atoms with Crippen molar-refractivity contribution in [2.75, 3.05) is 16.7 Å². The first-order chi connectivity index (χ1) is 10.6. The lowest BCUT2D eigenvalue weighted by Gasteiger charge is -2.23. The van der Waals surface area contributed by atoms with Crippen LogP contribution >= 0.6 is 0 Å². The predicted molar refractivity (Wildman–Crippen MR) is 82.7 cm³/mol. The van der Waals surface area contributed by atoms with Crippen LogP contribution in [0.4, 0.5) is 5.69 Å². The normalized spacial score (nSPS) is 19.6. The fraction of sp³-hybridized carbons (Fsp3) is 0.250. The topological polar surface area (TPSA) is 59.1 Å². The summed E-state index contributed by atoms with van der Waals surface area (Å²) in [4.78, 5) is 0. The molecular weight excluding hydrogens is 302 g/mol. The monoisotopic (exact) mass is 317 g/mol. The average Bonchev–Trinajstić information content (AvgIpc) is 3.31. The van der Waals surface area contributed by atoms with E-state index in [1.807, 2.05) is 36.4 Å². The molecule has 0 aromatic heterocycles. The molecule has 2 heterocycles. The molecule has 2 aliphatic heterocycles. The first-order valence-electron chi connectivity index (χ1n) is 7.10. The third kappa shape index (κ3) is 2.44. The van der Waals surface area contributed by atoms with Crippen molar-refractivity contribution in [3.63, 3.8) is 0 Å². The van der Waals surface area contributed by atoms with Gasteiger partial charge in [-0.15, -0.1) is 0 Å². The van der Waals surface area contributed by atoms with Crippen LogP contribution in [-0.4, -0.2) is 26.9 Å². The molecule has 0 spiro atoms. The Kier molecular flexibility index (Phi) is 3.09. The van der Waals surface area contributed by atoms with Crippen molar-refractivity contribution in [3.8, 4) is 11.5 Å². The van der Waals surface area contributed by atoms with Crippen molar-refractivity contribution < 1.29 is 17.9 Å². The van der Waals surface area contributed by atoms with Gasteiger partial charge >= 0.3 is 0 Å². The summed E-state index contributed by atoms with van der Waals surface area (Å²) in [6.07, 6.45) is -0.184. The van der Waals surface area contributed by atoms with Crippen LogP contribution in [-0.2, 0) is 21.3 Å². The molecule has 0 bridgehead atoms. The van der Waals surface area contributed by atoms with Gasteiger partial charge in [-0.2, -0.15) is 0 Å². The van der Waals surface area contributed by atoms with Gasteiger partial charge in [-0.25, -0.2) is 8.42 Å². The van der Waals surface area contributed by atoms with Gasteiger partial charge in [0.15, 0.2) is 5.75 Å². The molecule has 22 heavy (non-hydrogen) atoms. The molecule has 0 aliphatic carbocycles. The second kappa shape index (κ2) is 5.00. The molecule has 1 atom stereocenters. The van der Waals surface area contributed by atoms with E-state index in [2.05, 4.69) is 0 Å². The van der Waals surface area contributed by atoms with Crippen molar-refractivity contribution in [1.82, 2.24) is 0 Å². The van der Waals surface area contributed by atoms with E-state index in [1.165, 1.54) is 4.31 Å². The van der Waals surface area contributed by atoms with Crippen LogP contribution in [0.15, 0.2) is 48.5 Å². The highest BCUT2D eigenvalue weighted by Crippen LogP contribution is 2.40. The molecule has 0 N–H and O–H groups in total. The lowest BCUT2D eigenvalue weighted by Crippen LogP contribution is -2.33. The van der Waals surface area contributed by atoms with Crippen LogP contribution in [0.5, 0.6) is 11.5 Å². The lowest BCUT2D eigenvalue weighted by molar-refractivity contribution is 0.422. The number of epoxide rings is 1. The Morgan fingerprint density at radius 1 is 1.05 bits per heavy atom. The van der Waals surface area contributed by atoms with Gasteiger partial charge in [0.1, 0.15) is 5.75 Å². The van der Waals surface area contributed by atoms with Crippen LogP contribution in [0.1, 0.15) is 5.56 Å². The summed E-state index contributed by atoms with van der Waals surface area (Å²) in [6, 6.07) is 14.7. The van der Waals surface area contributed by atoms with E-state index in [1.54, 1.807) is 12.1 Å². The van der Waals surface area contributed by atoms with Crippen molar-refractivity contribution in [1.29, 1.82) is 0 Å². The van der Waals surface area contributed by atoms with Crippen LogP contribution in [0.25, 0.3) is 0 Å². The van der Waals surface area contributed by atoms with Gasteiger partial charge < -0.3 is 9.47 Å². The van der Waals surface area contributed by atoms with E-state index in [4.69, 9.17) is 9.47 Å². The van der Waals surface area contributed by atoms with E-state index in [0.29, 0.717) is 23.8 Å². The molecule has 6 heteroatoms. The van der Waals surface area contributed by atoms with Crippen molar-refractivity contribution in [3.05, 3.63) is 54.1 Å². The maximum Gasteiger partial charge on any atom is 0.238 e. The van der Waals surface area contributed by atoms with E-state index in [9.17, 15) is 8.42 Å². The molecule has 2 aromatic rings. The van der Waals surface area contributed by atoms with E-state index < -0.39 is 10.0 Å². The average molecular weight is 317 g/mol. The Morgan fingerprint density at radius 2 is 1.73 bits per heavy atom. The summed E-state index contributed by atoms with van der Waals surface area (Å²) >= 11 is 0. The Balaban J connectivity index is 1.82. The van der Waals surface area contributed by atoms with Gasteiger partial charge in [0.2, 0.25) is 10.0 Å². The highest BCUT2D eigenvalue weighted by atomic mass is 32.2. The second-order valence-electron chi connectivity index (χ2n) is 5.42. The zero-order chi connectivity index (χ0) is 15.2. The number of nitrogens with zero attached hydrogens (tertiary/aromatic N) is 1. The maximum atomic E-state index is 12.8. The molecule has 0 radical (unpaired) electrons. The molecule has 1 saturated heterocycles. The number of rotatable bonds is 3. The Bertz CT molecular complexity index is 814. The Hall–Kier alpha value is -2.05. The number of para-hydroxylation sites is 3. The Labute approximate surface area is 129 Å². The minimum Gasteiger partial charge on any atom is -0.455 e. The number of benzene rings is 2. The summed E-state index contributed by atoms with van der Waals surface area (Å²) in [5.74, 6) is 1.24. The van der Waals surface area contributed by atoms with Gasteiger partial charge in [0.05, 0.1) is 30.7 Å². The number of ether oxygens (including phenoxy) is 2. The molecule has 2 aromatic carbocycles. The van der Waals surface area contributed by atoms with E-state index in [-0.39, 0.29) is 18.4 Å². The minimum atomic E-state index is -3.47. The van der Waals surface area contributed by atoms with Crippen molar-refractivity contribution in [2.24, 2.45) is 0 Å². The summed E-state index contributed by atoms with van der Waals surface area (Å²) in [5.41, 5.74) is 1.42. The molecule has 5 nitrogen and oxygen atoms in total. The molecule has 0 amide bonds. The lowest BCUT2D eigenvalue weighted by atomic mass is 10.2. The summed E-state index contributed by atoms with van der Waals surface area (Å²) in [7, 11) is -3.47. The first-order valence-corrected chi connectivity index (χ1v) is 8.71. The fourth-order valence-electron chi connectivity index (χ4n) is 2.58. The van der Waals surface area contributed by atoms with Crippen LogP contribution in [0.3, 0.4) is 0 Å². The fourth-order valence-corrected chi connectivity index (χ4v) is 4.21. The molecule has 0 saturated carbocycles. The maximum absolute atomic E-state index is 12.8. The first kappa shape index (κ1) is 13.6. The smallest absolute Gasteiger partial charge is 0.238 e. The van der Waals surface area contributed by atoms with Crippen molar-refractivity contribution >= 4 is 15.7 Å². The molecule has 114 valence electrons. The number of hydrogen-bond donors (Lipinski definition) is 0. The number of anilines is 1. The van der Waals surface area contributed by atoms with Crippen LogP contribution < -0.4 is 9.04 Å². The summed E-state index contributed by atoms with van der Waals surface area (Å²) < 4.78 is 37.9. The zero-order valence-electron chi connectivity index (χ0n) is 11.8. The second-order valence-corrected chi connectivity index (χ2v) is 7.36. The van der Waals surface area contributed by atoms with Gasteiger partial charge in [-0.3, -0.25) is 4.31 Å². The van der Waals surface area contributed by atoms with Gasteiger partial charge in [0, 0.05) is 5.56 Å². The van der Waals surface area contributed by atoms with Gasteiger partial charge in [-0.05, 0) is 18.2 Å². The van der Waals surface area contributed by atoms with Crippen LogP contribution in [0.2, 0.25) is 0 Å². The summed E-state index contributed by atoms with van der Waals surface area (Å²) in [6.45, 7) is 0.782.